The molecule has 8 heteroatoms. The summed E-state index contributed by atoms with van der Waals surface area (Å²) in [6.07, 6.45) is 3.74. The normalized spacial score (nSPS) is 32.8. The summed E-state index contributed by atoms with van der Waals surface area (Å²) in [5.41, 5.74) is 0.397. The van der Waals surface area contributed by atoms with Gasteiger partial charge in [0, 0.05) is 54.2 Å². The summed E-state index contributed by atoms with van der Waals surface area (Å²) in [4.78, 5) is 11.5. The Morgan fingerprint density at radius 3 is 2.56 bits per heavy atom. The van der Waals surface area contributed by atoms with Crippen LogP contribution in [0.5, 0.6) is 0 Å². The third kappa shape index (κ3) is 3.46. The molecule has 0 radical (unpaired) electrons. The Labute approximate surface area is 186 Å². The van der Waals surface area contributed by atoms with E-state index in [1.807, 2.05) is 6.20 Å². The lowest BCUT2D eigenvalue weighted by Crippen LogP contribution is -2.49. The number of morpholine rings is 1. The van der Waals surface area contributed by atoms with Gasteiger partial charge in [-0.1, -0.05) is 0 Å². The van der Waals surface area contributed by atoms with Gasteiger partial charge in [-0.25, -0.2) is 4.98 Å². The molecule has 3 saturated carbocycles. The minimum absolute atomic E-state index is 0.00297. The topological polar surface area (TPSA) is 43.2 Å². The molecule has 4 fully saturated rings. The molecule has 2 unspecified atom stereocenters. The van der Waals surface area contributed by atoms with Gasteiger partial charge in [0.1, 0.15) is 5.82 Å². The standard InChI is InChI=1S/C24H29F3N4O/c1-13-12-32-6-5-30(13)17-8-18-19(9-17)22(18)31-11-21(29-23(31)15-3-4-15)16-7-20(24(25,26)27)14(2)28-10-16/h7,10-11,13,15,17-19,22H,3-6,8-9,12H2,1-2H3/t13-,17?,18-,19+,22?/m0/s1. The maximum absolute atomic E-state index is 13.4. The fourth-order valence-corrected chi connectivity index (χ4v) is 6.13. The van der Waals surface area contributed by atoms with Crippen LogP contribution in [0.4, 0.5) is 13.2 Å². The fraction of sp³-hybridized carbons (Fsp3) is 0.667. The van der Waals surface area contributed by atoms with E-state index in [0.717, 1.165) is 38.4 Å². The number of hydrogen-bond donors (Lipinski definition) is 0. The first-order valence-corrected chi connectivity index (χ1v) is 11.8. The van der Waals surface area contributed by atoms with Gasteiger partial charge in [0.15, 0.2) is 0 Å². The summed E-state index contributed by atoms with van der Waals surface area (Å²) in [5, 5.41) is 0. The van der Waals surface area contributed by atoms with Gasteiger partial charge in [-0.05, 0) is 57.4 Å². The number of hydrogen-bond acceptors (Lipinski definition) is 4. The van der Waals surface area contributed by atoms with Gasteiger partial charge in [0.2, 0.25) is 0 Å². The number of fused-ring (bicyclic) bond motifs is 1. The third-order valence-electron chi connectivity index (χ3n) is 7.98. The van der Waals surface area contributed by atoms with Crippen LogP contribution >= 0.6 is 0 Å². The van der Waals surface area contributed by atoms with E-state index in [4.69, 9.17) is 9.72 Å². The predicted octanol–water partition coefficient (Wildman–Crippen LogP) is 4.82. The second-order valence-corrected chi connectivity index (χ2v) is 10.1. The number of halogens is 3. The Kier molecular flexibility index (Phi) is 4.70. The molecule has 172 valence electrons. The summed E-state index contributed by atoms with van der Waals surface area (Å²) in [6, 6.07) is 2.75. The summed E-state index contributed by atoms with van der Waals surface area (Å²) >= 11 is 0. The van der Waals surface area contributed by atoms with Crippen molar-refractivity contribution in [3.05, 3.63) is 35.5 Å². The van der Waals surface area contributed by atoms with Gasteiger partial charge in [0.05, 0.1) is 24.5 Å². The number of imidazole rings is 1. The highest BCUT2D eigenvalue weighted by molar-refractivity contribution is 5.59. The van der Waals surface area contributed by atoms with Crippen LogP contribution in [0.25, 0.3) is 11.3 Å². The summed E-state index contributed by atoms with van der Waals surface area (Å²) in [6.45, 7) is 6.30. The Morgan fingerprint density at radius 1 is 1.16 bits per heavy atom. The Balaban J connectivity index is 1.25. The molecule has 0 N–H and O–H groups in total. The van der Waals surface area contributed by atoms with Crippen LogP contribution in [-0.2, 0) is 10.9 Å². The minimum Gasteiger partial charge on any atom is -0.379 e. The van der Waals surface area contributed by atoms with Crippen LogP contribution < -0.4 is 0 Å². The van der Waals surface area contributed by atoms with Crippen molar-refractivity contribution in [1.29, 1.82) is 0 Å². The van der Waals surface area contributed by atoms with Gasteiger partial charge >= 0.3 is 6.18 Å². The lowest BCUT2D eigenvalue weighted by atomic mass is 10.1. The van der Waals surface area contributed by atoms with Crippen molar-refractivity contribution in [1.82, 2.24) is 19.4 Å². The predicted molar refractivity (Wildman–Crippen MR) is 113 cm³/mol. The Hall–Kier alpha value is -1.93. The quantitative estimate of drug-likeness (QED) is 0.676. The molecule has 6 rings (SSSR count). The van der Waals surface area contributed by atoms with Gasteiger partial charge in [-0.3, -0.25) is 9.88 Å². The molecule has 1 aliphatic heterocycles. The van der Waals surface area contributed by atoms with E-state index in [-0.39, 0.29) is 5.69 Å². The van der Waals surface area contributed by atoms with E-state index in [1.54, 1.807) is 0 Å². The zero-order valence-corrected chi connectivity index (χ0v) is 18.5. The molecule has 0 spiro atoms. The van der Waals surface area contributed by atoms with Crippen LogP contribution in [0.15, 0.2) is 18.5 Å². The SMILES string of the molecule is Cc1ncc(-c2cn(C3[C@H]4CC(N5CCOC[C@@H]5C)C[C@@H]34)c(C3CC3)n2)cc1C(F)(F)F. The zero-order valence-electron chi connectivity index (χ0n) is 18.5. The first-order chi connectivity index (χ1) is 15.3. The Morgan fingerprint density at radius 2 is 1.91 bits per heavy atom. The van der Waals surface area contributed by atoms with E-state index in [9.17, 15) is 13.2 Å². The molecular weight excluding hydrogens is 417 g/mol. The van der Waals surface area contributed by atoms with E-state index < -0.39 is 11.7 Å². The lowest BCUT2D eigenvalue weighted by molar-refractivity contribution is -0.138. The maximum atomic E-state index is 13.4. The molecule has 2 aromatic rings. The van der Waals surface area contributed by atoms with Crippen LogP contribution in [-0.4, -0.2) is 51.3 Å². The van der Waals surface area contributed by atoms with Gasteiger partial charge in [-0.2, -0.15) is 13.2 Å². The average Bonchev–Trinajstić information content (AvgIpc) is 3.62. The fourth-order valence-electron chi connectivity index (χ4n) is 6.13. The first-order valence-electron chi connectivity index (χ1n) is 11.8. The molecule has 0 aromatic carbocycles. The number of ether oxygens (including phenoxy) is 1. The van der Waals surface area contributed by atoms with Crippen LogP contribution in [0, 0.1) is 18.8 Å². The molecular formula is C24H29F3N4O. The molecule has 3 aliphatic carbocycles. The molecule has 0 amide bonds. The summed E-state index contributed by atoms with van der Waals surface area (Å²) in [7, 11) is 0. The van der Waals surface area contributed by atoms with Crippen molar-refractivity contribution >= 4 is 0 Å². The van der Waals surface area contributed by atoms with Gasteiger partial charge < -0.3 is 9.30 Å². The van der Waals surface area contributed by atoms with Gasteiger partial charge in [-0.15, -0.1) is 0 Å². The number of alkyl halides is 3. The maximum Gasteiger partial charge on any atom is 0.418 e. The number of aromatic nitrogens is 3. The third-order valence-corrected chi connectivity index (χ3v) is 7.98. The van der Waals surface area contributed by atoms with Crippen molar-refractivity contribution in [2.45, 2.75) is 69.8 Å². The number of pyridine rings is 1. The largest absolute Gasteiger partial charge is 0.418 e. The van der Waals surface area contributed by atoms with Crippen molar-refractivity contribution in [2.75, 3.05) is 19.8 Å². The highest BCUT2D eigenvalue weighted by Crippen LogP contribution is 2.63. The molecule has 4 aliphatic rings. The van der Waals surface area contributed by atoms with Crippen molar-refractivity contribution in [3.63, 3.8) is 0 Å². The summed E-state index contributed by atoms with van der Waals surface area (Å²) < 4.78 is 48.1. The molecule has 32 heavy (non-hydrogen) atoms. The van der Waals surface area contributed by atoms with Crippen LogP contribution in [0.2, 0.25) is 0 Å². The van der Waals surface area contributed by atoms with E-state index in [0.29, 0.717) is 47.1 Å². The van der Waals surface area contributed by atoms with E-state index in [1.165, 1.54) is 32.0 Å². The molecule has 0 bridgehead atoms. The van der Waals surface area contributed by atoms with E-state index >= 15 is 0 Å². The summed E-state index contributed by atoms with van der Waals surface area (Å²) in [5.74, 6) is 2.80. The van der Waals surface area contributed by atoms with Crippen LogP contribution in [0.3, 0.4) is 0 Å². The second kappa shape index (κ2) is 7.29. The van der Waals surface area contributed by atoms with Gasteiger partial charge in [0.25, 0.3) is 0 Å². The average molecular weight is 447 g/mol. The molecule has 2 aromatic heterocycles. The Bertz CT molecular complexity index is 1020. The second-order valence-electron chi connectivity index (χ2n) is 10.1. The minimum atomic E-state index is -4.41. The zero-order chi connectivity index (χ0) is 22.2. The number of nitrogens with zero attached hydrogens (tertiary/aromatic N) is 4. The van der Waals surface area contributed by atoms with Crippen molar-refractivity contribution in [2.24, 2.45) is 11.8 Å². The van der Waals surface area contributed by atoms with Crippen LogP contribution in [0.1, 0.15) is 61.6 Å². The lowest BCUT2D eigenvalue weighted by Gasteiger charge is -2.38. The smallest absolute Gasteiger partial charge is 0.379 e. The van der Waals surface area contributed by atoms with E-state index in [2.05, 4.69) is 21.4 Å². The first kappa shape index (κ1) is 20.7. The highest BCUT2D eigenvalue weighted by Gasteiger charge is 2.59. The molecule has 5 atom stereocenters. The molecule has 3 heterocycles. The van der Waals surface area contributed by atoms with Crippen molar-refractivity contribution < 1.29 is 17.9 Å². The molecule has 5 nitrogen and oxygen atoms in total. The number of rotatable bonds is 4. The van der Waals surface area contributed by atoms with Crippen molar-refractivity contribution in [3.8, 4) is 11.3 Å². The molecule has 1 saturated heterocycles. The monoisotopic (exact) mass is 446 g/mol. The number of aryl methyl sites for hydroxylation is 1. The highest BCUT2D eigenvalue weighted by atomic mass is 19.4.